The van der Waals surface area contributed by atoms with Gasteiger partial charge in [-0.1, -0.05) is 23.2 Å². The summed E-state index contributed by atoms with van der Waals surface area (Å²) < 4.78 is 13.0. The van der Waals surface area contributed by atoms with E-state index in [1.54, 1.807) is 6.07 Å². The average Bonchev–Trinajstić information content (AvgIpc) is 2.54. The lowest BCUT2D eigenvalue weighted by Gasteiger charge is -2.08. The van der Waals surface area contributed by atoms with Crippen molar-refractivity contribution in [2.24, 2.45) is 0 Å². The van der Waals surface area contributed by atoms with E-state index in [-0.39, 0.29) is 34.5 Å². The smallest absolute Gasteiger partial charge is 0.252 e. The first-order valence-electron chi connectivity index (χ1n) is 7.13. The molecule has 0 fully saturated rings. The first-order chi connectivity index (χ1) is 11.9. The number of rotatable bonds is 5. The predicted molar refractivity (Wildman–Crippen MR) is 93.2 cm³/mol. The van der Waals surface area contributed by atoms with E-state index in [9.17, 15) is 14.0 Å². The van der Waals surface area contributed by atoms with Gasteiger partial charge in [-0.2, -0.15) is 5.26 Å². The summed E-state index contributed by atoms with van der Waals surface area (Å²) >= 11 is 11.7. The number of nitrogens with one attached hydrogen (secondary N) is 2. The van der Waals surface area contributed by atoms with Crippen LogP contribution in [0.5, 0.6) is 0 Å². The zero-order valence-electron chi connectivity index (χ0n) is 12.8. The number of anilines is 1. The molecule has 0 aliphatic carbocycles. The molecule has 2 aromatic carbocycles. The third-order valence-electron chi connectivity index (χ3n) is 3.19. The Morgan fingerprint density at radius 1 is 1.12 bits per heavy atom. The van der Waals surface area contributed by atoms with Crippen molar-refractivity contribution in [3.63, 3.8) is 0 Å². The Bertz CT molecular complexity index is 865. The molecular weight excluding hydrogens is 368 g/mol. The number of carbonyl (C=O) groups is 2. The van der Waals surface area contributed by atoms with Gasteiger partial charge in [-0.15, -0.1) is 0 Å². The van der Waals surface area contributed by atoms with E-state index in [0.29, 0.717) is 11.3 Å². The molecule has 128 valence electrons. The third-order valence-corrected chi connectivity index (χ3v) is 3.81. The van der Waals surface area contributed by atoms with Gasteiger partial charge in [0.05, 0.1) is 21.2 Å². The minimum Gasteiger partial charge on any atom is -0.351 e. The van der Waals surface area contributed by atoms with Gasteiger partial charge in [0, 0.05) is 18.7 Å². The fourth-order valence-electron chi connectivity index (χ4n) is 1.97. The molecule has 0 aromatic heterocycles. The lowest BCUT2D eigenvalue weighted by atomic mass is 10.2. The summed E-state index contributed by atoms with van der Waals surface area (Å²) in [4.78, 5) is 23.8. The largest absolute Gasteiger partial charge is 0.351 e. The summed E-state index contributed by atoms with van der Waals surface area (Å²) in [5.74, 6) is -1.38. The molecule has 0 bridgehead atoms. The van der Waals surface area contributed by atoms with Gasteiger partial charge in [-0.05, 0) is 36.4 Å². The fourth-order valence-corrected chi connectivity index (χ4v) is 2.44. The van der Waals surface area contributed by atoms with Crippen molar-refractivity contribution in [2.45, 2.75) is 6.42 Å². The molecule has 2 rings (SSSR count). The van der Waals surface area contributed by atoms with Crippen LogP contribution in [0.25, 0.3) is 0 Å². The lowest BCUT2D eigenvalue weighted by Crippen LogP contribution is -2.27. The van der Waals surface area contributed by atoms with Gasteiger partial charge < -0.3 is 10.6 Å². The van der Waals surface area contributed by atoms with Crippen LogP contribution in [0.15, 0.2) is 36.4 Å². The standard InChI is InChI=1S/C17H12Cl2FN3O2/c18-14-8-12(3-1-10(14)9-21)23-16(24)5-6-22-17(25)13-4-2-11(20)7-15(13)19/h1-4,7-8H,5-6H2,(H,22,25)(H,23,24). The molecule has 0 unspecified atom stereocenters. The second-order valence-electron chi connectivity index (χ2n) is 4.98. The summed E-state index contributed by atoms with van der Waals surface area (Å²) in [6, 6.07) is 9.87. The number of benzene rings is 2. The zero-order chi connectivity index (χ0) is 18.4. The topological polar surface area (TPSA) is 82.0 Å². The molecule has 0 spiro atoms. The fraction of sp³-hybridized carbons (Fsp3) is 0.118. The van der Waals surface area contributed by atoms with Gasteiger partial charge in [0.2, 0.25) is 5.91 Å². The highest BCUT2D eigenvalue weighted by Crippen LogP contribution is 2.20. The van der Waals surface area contributed by atoms with Crippen molar-refractivity contribution >= 4 is 40.7 Å². The second kappa shape index (κ2) is 8.47. The minimum atomic E-state index is -0.540. The lowest BCUT2D eigenvalue weighted by molar-refractivity contribution is -0.116. The first-order valence-corrected chi connectivity index (χ1v) is 7.89. The quantitative estimate of drug-likeness (QED) is 0.829. The van der Waals surface area contributed by atoms with Crippen LogP contribution >= 0.6 is 23.2 Å². The zero-order valence-corrected chi connectivity index (χ0v) is 14.3. The molecule has 2 aromatic rings. The average molecular weight is 380 g/mol. The van der Waals surface area contributed by atoms with Gasteiger partial charge in [0.15, 0.2) is 0 Å². The number of amides is 2. The Balaban J connectivity index is 1.85. The molecule has 8 heteroatoms. The summed E-state index contributed by atoms with van der Waals surface area (Å²) in [6.07, 6.45) is 0.0160. The Hall–Kier alpha value is -2.62. The number of nitriles is 1. The van der Waals surface area contributed by atoms with Gasteiger partial charge in [-0.25, -0.2) is 4.39 Å². The maximum Gasteiger partial charge on any atom is 0.252 e. The van der Waals surface area contributed by atoms with Crippen LogP contribution in [0, 0.1) is 17.1 Å². The summed E-state index contributed by atoms with van der Waals surface area (Å²) in [5, 5.41) is 14.2. The minimum absolute atomic E-state index is 0.00539. The van der Waals surface area contributed by atoms with Crippen LogP contribution in [-0.2, 0) is 4.79 Å². The van der Waals surface area contributed by atoms with Crippen molar-refractivity contribution in [3.8, 4) is 6.07 Å². The molecule has 0 saturated heterocycles. The molecular formula is C17H12Cl2FN3O2. The van der Waals surface area contributed by atoms with E-state index < -0.39 is 11.7 Å². The maximum atomic E-state index is 13.0. The summed E-state index contributed by atoms with van der Waals surface area (Å²) in [5.41, 5.74) is 0.882. The van der Waals surface area contributed by atoms with Crippen molar-refractivity contribution in [1.82, 2.24) is 5.32 Å². The van der Waals surface area contributed by atoms with E-state index in [4.69, 9.17) is 28.5 Å². The first kappa shape index (κ1) is 18.7. The molecule has 0 radical (unpaired) electrons. The van der Waals surface area contributed by atoms with Crippen molar-refractivity contribution < 1.29 is 14.0 Å². The number of hydrogen-bond donors (Lipinski definition) is 2. The van der Waals surface area contributed by atoms with Crippen LogP contribution in [0.3, 0.4) is 0 Å². The van der Waals surface area contributed by atoms with Crippen LogP contribution in [0.4, 0.5) is 10.1 Å². The highest BCUT2D eigenvalue weighted by atomic mass is 35.5. The van der Waals surface area contributed by atoms with Gasteiger partial charge >= 0.3 is 0 Å². The Kier molecular flexibility index (Phi) is 6.34. The number of carbonyl (C=O) groups excluding carboxylic acids is 2. The van der Waals surface area contributed by atoms with E-state index in [0.717, 1.165) is 12.1 Å². The van der Waals surface area contributed by atoms with E-state index >= 15 is 0 Å². The molecule has 2 amide bonds. The van der Waals surface area contributed by atoms with E-state index in [1.165, 1.54) is 18.2 Å². The number of nitrogens with zero attached hydrogens (tertiary/aromatic N) is 1. The molecule has 0 saturated carbocycles. The van der Waals surface area contributed by atoms with Crippen LogP contribution in [0.1, 0.15) is 22.3 Å². The van der Waals surface area contributed by atoms with E-state index in [2.05, 4.69) is 10.6 Å². The van der Waals surface area contributed by atoms with Gasteiger partial charge in [0.1, 0.15) is 11.9 Å². The van der Waals surface area contributed by atoms with Crippen LogP contribution in [-0.4, -0.2) is 18.4 Å². The number of hydrogen-bond acceptors (Lipinski definition) is 3. The molecule has 25 heavy (non-hydrogen) atoms. The van der Waals surface area contributed by atoms with Crippen molar-refractivity contribution in [1.29, 1.82) is 5.26 Å². The van der Waals surface area contributed by atoms with E-state index in [1.807, 2.05) is 6.07 Å². The highest BCUT2D eigenvalue weighted by Gasteiger charge is 2.11. The highest BCUT2D eigenvalue weighted by molar-refractivity contribution is 6.33. The van der Waals surface area contributed by atoms with Gasteiger partial charge in [-0.3, -0.25) is 9.59 Å². The SMILES string of the molecule is N#Cc1ccc(NC(=O)CCNC(=O)c2ccc(F)cc2Cl)cc1Cl. The Morgan fingerprint density at radius 3 is 2.52 bits per heavy atom. The molecule has 0 aliphatic rings. The maximum absolute atomic E-state index is 13.0. The Morgan fingerprint density at radius 2 is 1.88 bits per heavy atom. The predicted octanol–water partition coefficient (Wildman–Crippen LogP) is 3.76. The molecule has 5 nitrogen and oxygen atoms in total. The normalized spacial score (nSPS) is 10.0. The molecule has 0 aliphatic heterocycles. The molecule has 0 heterocycles. The second-order valence-corrected chi connectivity index (χ2v) is 5.80. The van der Waals surface area contributed by atoms with Crippen LogP contribution < -0.4 is 10.6 Å². The van der Waals surface area contributed by atoms with Gasteiger partial charge in [0.25, 0.3) is 5.91 Å². The molecule has 0 atom stereocenters. The monoisotopic (exact) mass is 379 g/mol. The summed E-state index contributed by atoms with van der Waals surface area (Å²) in [7, 11) is 0. The molecule has 2 N–H and O–H groups in total. The van der Waals surface area contributed by atoms with Crippen molar-refractivity contribution in [2.75, 3.05) is 11.9 Å². The summed E-state index contributed by atoms with van der Waals surface area (Å²) in [6.45, 7) is 0.0718. The third kappa shape index (κ3) is 5.18. The number of halogens is 3. The van der Waals surface area contributed by atoms with Crippen molar-refractivity contribution in [3.05, 3.63) is 63.4 Å². The van der Waals surface area contributed by atoms with Crippen LogP contribution in [0.2, 0.25) is 10.0 Å². The Labute approximate surface area is 153 Å².